The fourth-order valence-corrected chi connectivity index (χ4v) is 2.07. The molecule has 0 spiro atoms. The van der Waals surface area contributed by atoms with Gasteiger partial charge in [0.25, 0.3) is 0 Å². The van der Waals surface area contributed by atoms with Gasteiger partial charge in [-0.25, -0.2) is 4.39 Å². The van der Waals surface area contributed by atoms with E-state index in [2.05, 4.69) is 6.07 Å². The van der Waals surface area contributed by atoms with Crippen molar-refractivity contribution >= 4 is 0 Å². The normalized spacial score (nSPS) is 20.1. The van der Waals surface area contributed by atoms with Gasteiger partial charge < -0.3 is 5.73 Å². The summed E-state index contributed by atoms with van der Waals surface area (Å²) in [7, 11) is 0. The number of rotatable bonds is 2. The minimum Gasteiger partial charge on any atom is -0.323 e. The molecule has 1 saturated carbocycles. The Kier molecular flexibility index (Phi) is 2.45. The topological polar surface area (TPSA) is 49.8 Å². The van der Waals surface area contributed by atoms with E-state index < -0.39 is 5.41 Å². The molecule has 78 valence electrons. The smallest absolute Gasteiger partial charge is 0.123 e. The van der Waals surface area contributed by atoms with E-state index in [-0.39, 0.29) is 11.9 Å². The summed E-state index contributed by atoms with van der Waals surface area (Å²) in [6.45, 7) is 0. The van der Waals surface area contributed by atoms with Gasteiger partial charge in [0.15, 0.2) is 0 Å². The van der Waals surface area contributed by atoms with E-state index in [1.807, 2.05) is 0 Å². The van der Waals surface area contributed by atoms with Crippen molar-refractivity contribution in [1.29, 1.82) is 5.26 Å². The van der Waals surface area contributed by atoms with Crippen LogP contribution in [0.15, 0.2) is 24.3 Å². The van der Waals surface area contributed by atoms with E-state index in [0.717, 1.165) is 24.8 Å². The molecule has 1 atom stereocenters. The van der Waals surface area contributed by atoms with Crippen molar-refractivity contribution in [3.05, 3.63) is 35.6 Å². The average Bonchev–Trinajstić information content (AvgIpc) is 2.17. The number of nitrogens with two attached hydrogens (primary N) is 1. The maximum absolute atomic E-state index is 13.0. The van der Waals surface area contributed by atoms with Crippen molar-refractivity contribution in [2.24, 2.45) is 11.1 Å². The van der Waals surface area contributed by atoms with Crippen LogP contribution in [-0.2, 0) is 0 Å². The first-order valence-corrected chi connectivity index (χ1v) is 5.10. The maximum atomic E-state index is 13.0. The number of halogens is 1. The molecule has 0 aromatic heterocycles. The van der Waals surface area contributed by atoms with Gasteiger partial charge >= 0.3 is 0 Å². The van der Waals surface area contributed by atoms with Crippen molar-refractivity contribution in [3.8, 4) is 6.07 Å². The van der Waals surface area contributed by atoms with Gasteiger partial charge in [0, 0.05) is 6.04 Å². The molecule has 0 saturated heterocycles. The van der Waals surface area contributed by atoms with E-state index >= 15 is 0 Å². The highest BCUT2D eigenvalue weighted by atomic mass is 19.1. The predicted molar refractivity (Wildman–Crippen MR) is 55.2 cm³/mol. The summed E-state index contributed by atoms with van der Waals surface area (Å²) in [5, 5.41) is 9.11. The lowest BCUT2D eigenvalue weighted by molar-refractivity contribution is 0.169. The number of nitrogens with zero attached hydrogens (tertiary/aromatic N) is 1. The minimum atomic E-state index is -0.464. The molecule has 0 heterocycles. The lowest BCUT2D eigenvalue weighted by Crippen LogP contribution is -2.39. The zero-order valence-corrected chi connectivity index (χ0v) is 8.41. The lowest BCUT2D eigenvalue weighted by Gasteiger charge is -2.40. The Morgan fingerprint density at radius 1 is 1.47 bits per heavy atom. The molecule has 0 amide bonds. The number of nitriles is 1. The Balaban J connectivity index is 2.28. The van der Waals surface area contributed by atoms with Gasteiger partial charge in [-0.1, -0.05) is 18.6 Å². The van der Waals surface area contributed by atoms with Gasteiger partial charge in [-0.15, -0.1) is 0 Å². The first-order valence-electron chi connectivity index (χ1n) is 5.10. The summed E-state index contributed by atoms with van der Waals surface area (Å²) in [5.41, 5.74) is 6.28. The highest BCUT2D eigenvalue weighted by Crippen LogP contribution is 2.48. The second-order valence-corrected chi connectivity index (χ2v) is 4.15. The molecule has 2 N–H and O–H groups in total. The van der Waals surface area contributed by atoms with Crippen LogP contribution in [0.5, 0.6) is 0 Å². The molecule has 1 aromatic carbocycles. The van der Waals surface area contributed by atoms with Gasteiger partial charge in [-0.3, -0.25) is 0 Å². The molecule has 3 heteroatoms. The molecular weight excluding hydrogens is 191 g/mol. The minimum absolute atomic E-state index is 0.296. The molecule has 1 fully saturated rings. The van der Waals surface area contributed by atoms with E-state index in [0.29, 0.717) is 0 Å². The molecular formula is C12H13FN2. The van der Waals surface area contributed by atoms with E-state index in [1.54, 1.807) is 12.1 Å². The Labute approximate surface area is 88.5 Å². The first-order chi connectivity index (χ1) is 7.18. The monoisotopic (exact) mass is 204 g/mol. The second-order valence-electron chi connectivity index (χ2n) is 4.15. The highest BCUT2D eigenvalue weighted by Gasteiger charge is 2.43. The molecule has 0 aliphatic heterocycles. The van der Waals surface area contributed by atoms with Crippen LogP contribution in [0.25, 0.3) is 0 Å². The largest absolute Gasteiger partial charge is 0.323 e. The van der Waals surface area contributed by atoms with Crippen LogP contribution >= 0.6 is 0 Å². The SMILES string of the molecule is N#CC1(C(N)c2cccc(F)c2)CCC1. The predicted octanol–water partition coefficient (Wildman–Crippen LogP) is 2.52. The van der Waals surface area contributed by atoms with Gasteiger partial charge in [0.05, 0.1) is 11.5 Å². The van der Waals surface area contributed by atoms with E-state index in [4.69, 9.17) is 11.0 Å². The molecule has 15 heavy (non-hydrogen) atoms. The summed E-state index contributed by atoms with van der Waals surface area (Å²) >= 11 is 0. The van der Waals surface area contributed by atoms with Crippen molar-refractivity contribution in [2.75, 3.05) is 0 Å². The third-order valence-corrected chi connectivity index (χ3v) is 3.27. The molecule has 1 aliphatic rings. The van der Waals surface area contributed by atoms with Crippen LogP contribution in [0.4, 0.5) is 4.39 Å². The summed E-state index contributed by atoms with van der Waals surface area (Å²) in [5.74, 6) is -0.296. The van der Waals surface area contributed by atoms with Crippen molar-refractivity contribution in [2.45, 2.75) is 25.3 Å². The Bertz CT molecular complexity index is 404. The van der Waals surface area contributed by atoms with Crippen LogP contribution in [0.3, 0.4) is 0 Å². The molecule has 0 radical (unpaired) electrons. The van der Waals surface area contributed by atoms with Crippen LogP contribution in [0, 0.1) is 22.6 Å². The summed E-state index contributed by atoms with van der Waals surface area (Å²) in [6, 6.07) is 8.14. The number of benzene rings is 1. The van der Waals surface area contributed by atoms with Crippen LogP contribution in [0.2, 0.25) is 0 Å². The van der Waals surface area contributed by atoms with Gasteiger partial charge in [0.2, 0.25) is 0 Å². The summed E-state index contributed by atoms with van der Waals surface area (Å²) in [6.07, 6.45) is 2.68. The van der Waals surface area contributed by atoms with Crippen LogP contribution in [0.1, 0.15) is 30.9 Å². The fraction of sp³-hybridized carbons (Fsp3) is 0.417. The van der Waals surface area contributed by atoms with E-state index in [1.165, 1.54) is 12.1 Å². The molecule has 1 unspecified atom stereocenters. The molecule has 1 aromatic rings. The Morgan fingerprint density at radius 3 is 2.67 bits per heavy atom. The van der Waals surface area contributed by atoms with E-state index in [9.17, 15) is 4.39 Å². The number of hydrogen-bond acceptors (Lipinski definition) is 2. The third kappa shape index (κ3) is 1.62. The Hall–Kier alpha value is -1.40. The van der Waals surface area contributed by atoms with Crippen LogP contribution in [-0.4, -0.2) is 0 Å². The average molecular weight is 204 g/mol. The second kappa shape index (κ2) is 3.63. The summed E-state index contributed by atoms with van der Waals surface area (Å²) in [4.78, 5) is 0. The third-order valence-electron chi connectivity index (χ3n) is 3.27. The zero-order valence-electron chi connectivity index (χ0n) is 8.41. The van der Waals surface area contributed by atoms with Crippen molar-refractivity contribution in [3.63, 3.8) is 0 Å². The van der Waals surface area contributed by atoms with Gasteiger partial charge in [0.1, 0.15) is 5.82 Å². The van der Waals surface area contributed by atoms with Crippen LogP contribution < -0.4 is 5.73 Å². The van der Waals surface area contributed by atoms with Gasteiger partial charge in [-0.2, -0.15) is 5.26 Å². The number of hydrogen-bond donors (Lipinski definition) is 1. The summed E-state index contributed by atoms with van der Waals surface area (Å²) < 4.78 is 13.0. The lowest BCUT2D eigenvalue weighted by atomic mass is 9.64. The fourth-order valence-electron chi connectivity index (χ4n) is 2.07. The van der Waals surface area contributed by atoms with Crippen molar-refractivity contribution in [1.82, 2.24) is 0 Å². The standard InChI is InChI=1S/C12H13FN2/c13-10-4-1-3-9(7-10)11(15)12(8-14)5-2-6-12/h1,3-4,7,11H,2,5-6,15H2. The quantitative estimate of drug-likeness (QED) is 0.804. The molecule has 1 aliphatic carbocycles. The molecule has 0 bridgehead atoms. The molecule has 2 rings (SSSR count). The highest BCUT2D eigenvalue weighted by molar-refractivity contribution is 5.26. The van der Waals surface area contributed by atoms with Gasteiger partial charge in [-0.05, 0) is 30.5 Å². The van der Waals surface area contributed by atoms with Crippen molar-refractivity contribution < 1.29 is 4.39 Å². The maximum Gasteiger partial charge on any atom is 0.123 e. The first kappa shape index (κ1) is 10.1. The zero-order chi connectivity index (χ0) is 10.9. The Morgan fingerprint density at radius 2 is 2.20 bits per heavy atom. The molecule has 2 nitrogen and oxygen atoms in total.